The number of carbonyl (C=O) groups is 1. The molecular weight excluding hydrogens is 218 g/mol. The molecule has 94 valence electrons. The topological polar surface area (TPSA) is 60.8 Å². The number of aliphatic carboxylic acids is 1. The number of benzene rings is 1. The van der Waals surface area contributed by atoms with Crippen molar-refractivity contribution in [3.8, 4) is 0 Å². The number of nitrogens with zero attached hydrogens (tertiary/aromatic N) is 1. The highest BCUT2D eigenvalue weighted by Crippen LogP contribution is 2.22. The van der Waals surface area contributed by atoms with Crippen molar-refractivity contribution in [2.75, 3.05) is 20.2 Å². The van der Waals surface area contributed by atoms with Gasteiger partial charge in [0.2, 0.25) is 0 Å². The predicted octanol–water partition coefficient (Wildman–Crippen LogP) is 1.52. The second kappa shape index (κ2) is 7.04. The first-order valence-electron chi connectivity index (χ1n) is 5.73. The summed E-state index contributed by atoms with van der Waals surface area (Å²) in [6.07, 6.45) is 0.728. The van der Waals surface area contributed by atoms with E-state index in [1.165, 1.54) is 0 Å². The van der Waals surface area contributed by atoms with E-state index in [0.29, 0.717) is 13.0 Å². The highest BCUT2D eigenvalue weighted by Gasteiger charge is 2.16. The molecule has 0 saturated carbocycles. The first kappa shape index (κ1) is 13.7. The molecule has 1 atom stereocenters. The molecule has 0 aromatic heterocycles. The third kappa shape index (κ3) is 4.54. The normalized spacial score (nSPS) is 12.6. The molecule has 0 saturated heterocycles. The molecule has 1 rings (SSSR count). The lowest BCUT2D eigenvalue weighted by molar-refractivity contribution is -0.137. The number of carboxylic acid groups (broad SMARTS) is 1. The van der Waals surface area contributed by atoms with Crippen LogP contribution in [0.1, 0.15) is 24.4 Å². The molecule has 4 nitrogen and oxygen atoms in total. The van der Waals surface area contributed by atoms with Crippen molar-refractivity contribution in [3.63, 3.8) is 0 Å². The van der Waals surface area contributed by atoms with Gasteiger partial charge in [-0.25, -0.2) is 0 Å². The molecule has 0 amide bonds. The van der Waals surface area contributed by atoms with Gasteiger partial charge in [-0.1, -0.05) is 30.3 Å². The zero-order valence-corrected chi connectivity index (χ0v) is 10.0. The van der Waals surface area contributed by atoms with E-state index in [1.54, 1.807) is 0 Å². The van der Waals surface area contributed by atoms with Crippen LogP contribution in [0.5, 0.6) is 0 Å². The minimum absolute atomic E-state index is 0.0700. The van der Waals surface area contributed by atoms with Crippen LogP contribution in [0.4, 0.5) is 0 Å². The fourth-order valence-corrected chi connectivity index (χ4v) is 1.87. The molecule has 1 unspecified atom stereocenters. The SMILES string of the molecule is CN(CCC(=O)O)C(CCO)c1ccccc1. The van der Waals surface area contributed by atoms with E-state index in [9.17, 15) is 4.79 Å². The Hall–Kier alpha value is -1.39. The van der Waals surface area contributed by atoms with Crippen LogP contribution in [0.2, 0.25) is 0 Å². The van der Waals surface area contributed by atoms with Gasteiger partial charge in [-0.2, -0.15) is 0 Å². The summed E-state index contributed by atoms with van der Waals surface area (Å²) in [7, 11) is 1.89. The van der Waals surface area contributed by atoms with E-state index in [0.717, 1.165) is 5.56 Å². The monoisotopic (exact) mass is 237 g/mol. The molecule has 0 fully saturated rings. The van der Waals surface area contributed by atoms with E-state index in [4.69, 9.17) is 10.2 Å². The van der Waals surface area contributed by atoms with Crippen LogP contribution < -0.4 is 0 Å². The first-order valence-corrected chi connectivity index (χ1v) is 5.73. The summed E-state index contributed by atoms with van der Waals surface area (Å²) < 4.78 is 0. The highest BCUT2D eigenvalue weighted by atomic mass is 16.4. The quantitative estimate of drug-likeness (QED) is 0.754. The average Bonchev–Trinajstić information content (AvgIpc) is 2.34. The number of hydrogen-bond donors (Lipinski definition) is 2. The lowest BCUT2D eigenvalue weighted by atomic mass is 10.0. The predicted molar refractivity (Wildman–Crippen MR) is 65.8 cm³/mol. The van der Waals surface area contributed by atoms with Crippen LogP contribution in [0.15, 0.2) is 30.3 Å². The Morgan fingerprint density at radius 2 is 2.00 bits per heavy atom. The van der Waals surface area contributed by atoms with Gasteiger partial charge in [-0.15, -0.1) is 0 Å². The van der Waals surface area contributed by atoms with E-state index in [1.807, 2.05) is 42.3 Å². The maximum Gasteiger partial charge on any atom is 0.304 e. The van der Waals surface area contributed by atoms with Gasteiger partial charge in [-0.05, 0) is 19.0 Å². The third-order valence-electron chi connectivity index (χ3n) is 2.80. The molecule has 2 N–H and O–H groups in total. The summed E-state index contributed by atoms with van der Waals surface area (Å²) >= 11 is 0. The van der Waals surface area contributed by atoms with Gasteiger partial charge in [0.25, 0.3) is 0 Å². The van der Waals surface area contributed by atoms with E-state index in [-0.39, 0.29) is 19.1 Å². The molecule has 0 aliphatic carbocycles. The number of rotatable bonds is 7. The molecule has 1 aromatic rings. The lowest BCUT2D eigenvalue weighted by Gasteiger charge is -2.27. The highest BCUT2D eigenvalue weighted by molar-refractivity contribution is 5.66. The molecule has 17 heavy (non-hydrogen) atoms. The summed E-state index contributed by atoms with van der Waals surface area (Å²) in [4.78, 5) is 12.5. The van der Waals surface area contributed by atoms with Crippen LogP contribution in [0.25, 0.3) is 0 Å². The van der Waals surface area contributed by atoms with Crippen molar-refractivity contribution in [1.82, 2.24) is 4.90 Å². The zero-order chi connectivity index (χ0) is 12.7. The van der Waals surface area contributed by atoms with Gasteiger partial charge in [-0.3, -0.25) is 9.69 Å². The van der Waals surface area contributed by atoms with Crippen molar-refractivity contribution >= 4 is 5.97 Å². The molecule has 4 heteroatoms. The Morgan fingerprint density at radius 1 is 1.35 bits per heavy atom. The maximum absolute atomic E-state index is 10.5. The number of aliphatic hydroxyl groups is 1. The Kier molecular flexibility index (Phi) is 5.66. The molecule has 0 heterocycles. The van der Waals surface area contributed by atoms with Crippen molar-refractivity contribution in [1.29, 1.82) is 0 Å². The fraction of sp³-hybridized carbons (Fsp3) is 0.462. The van der Waals surface area contributed by atoms with Crippen molar-refractivity contribution in [3.05, 3.63) is 35.9 Å². The Morgan fingerprint density at radius 3 is 2.53 bits per heavy atom. The van der Waals surface area contributed by atoms with E-state index in [2.05, 4.69) is 0 Å². The number of carboxylic acids is 1. The number of hydrogen-bond acceptors (Lipinski definition) is 3. The third-order valence-corrected chi connectivity index (χ3v) is 2.80. The lowest BCUT2D eigenvalue weighted by Crippen LogP contribution is -2.27. The van der Waals surface area contributed by atoms with Crippen LogP contribution in [0, 0.1) is 0 Å². The first-order chi connectivity index (χ1) is 8.15. The Bertz CT molecular complexity index is 340. The minimum Gasteiger partial charge on any atom is -0.481 e. The average molecular weight is 237 g/mol. The smallest absolute Gasteiger partial charge is 0.304 e. The van der Waals surface area contributed by atoms with Crippen LogP contribution in [0.3, 0.4) is 0 Å². The maximum atomic E-state index is 10.5. The molecule has 0 radical (unpaired) electrons. The summed E-state index contributed by atoms with van der Waals surface area (Å²) in [5.74, 6) is -0.798. The van der Waals surface area contributed by atoms with Crippen molar-refractivity contribution in [2.45, 2.75) is 18.9 Å². The summed E-state index contributed by atoms with van der Waals surface area (Å²) in [6, 6.07) is 9.90. The summed E-state index contributed by atoms with van der Waals surface area (Å²) in [5.41, 5.74) is 1.11. The van der Waals surface area contributed by atoms with Gasteiger partial charge < -0.3 is 10.2 Å². The van der Waals surface area contributed by atoms with E-state index < -0.39 is 5.97 Å². The van der Waals surface area contributed by atoms with Gasteiger partial charge >= 0.3 is 5.97 Å². The molecule has 0 aliphatic heterocycles. The zero-order valence-electron chi connectivity index (χ0n) is 10.0. The largest absolute Gasteiger partial charge is 0.481 e. The van der Waals surface area contributed by atoms with Gasteiger partial charge in [0.15, 0.2) is 0 Å². The Balaban J connectivity index is 2.68. The Labute approximate surface area is 101 Å². The standard InChI is InChI=1S/C13H19NO3/c1-14(9-7-13(16)17)12(8-10-15)11-5-3-2-4-6-11/h2-6,12,15H,7-10H2,1H3,(H,16,17). The van der Waals surface area contributed by atoms with Crippen molar-refractivity contribution in [2.24, 2.45) is 0 Å². The summed E-state index contributed by atoms with van der Waals surface area (Å²) in [6.45, 7) is 0.575. The summed E-state index contributed by atoms with van der Waals surface area (Å²) in [5, 5.41) is 17.7. The molecule has 0 bridgehead atoms. The molecule has 0 spiro atoms. The molecular formula is C13H19NO3. The van der Waals surface area contributed by atoms with Crippen LogP contribution >= 0.6 is 0 Å². The van der Waals surface area contributed by atoms with Gasteiger partial charge in [0.1, 0.15) is 0 Å². The van der Waals surface area contributed by atoms with Gasteiger partial charge in [0.05, 0.1) is 6.42 Å². The van der Waals surface area contributed by atoms with Crippen molar-refractivity contribution < 1.29 is 15.0 Å². The second-order valence-corrected chi connectivity index (χ2v) is 4.06. The van der Waals surface area contributed by atoms with Crippen LogP contribution in [-0.4, -0.2) is 41.3 Å². The molecule has 1 aromatic carbocycles. The number of aliphatic hydroxyl groups excluding tert-OH is 1. The van der Waals surface area contributed by atoms with E-state index >= 15 is 0 Å². The molecule has 0 aliphatic rings. The van der Waals surface area contributed by atoms with Crippen LogP contribution in [-0.2, 0) is 4.79 Å². The minimum atomic E-state index is -0.798. The van der Waals surface area contributed by atoms with Gasteiger partial charge in [0, 0.05) is 19.2 Å². The fourth-order valence-electron chi connectivity index (χ4n) is 1.87. The second-order valence-electron chi connectivity index (χ2n) is 4.06.